The first-order chi connectivity index (χ1) is 14.5. The molecular formula is C21H17BrCl2N4O3. The van der Waals surface area contributed by atoms with Crippen molar-refractivity contribution in [2.45, 2.75) is 6.54 Å². The smallest absolute Gasteiger partial charge is 0.314 e. The van der Waals surface area contributed by atoms with Crippen LogP contribution in [-0.4, -0.2) is 33.7 Å². The van der Waals surface area contributed by atoms with Crippen LogP contribution in [-0.2, 0) is 6.54 Å². The van der Waals surface area contributed by atoms with Crippen LogP contribution in [0.4, 0.5) is 0 Å². The molecule has 0 saturated carbocycles. The fourth-order valence-corrected chi connectivity index (χ4v) is 3.51. The molecule has 0 saturated heterocycles. The summed E-state index contributed by atoms with van der Waals surface area (Å²) in [6, 6.07) is 14.7. The van der Waals surface area contributed by atoms with Gasteiger partial charge in [-0.1, -0.05) is 45.7 Å². The van der Waals surface area contributed by atoms with Crippen LogP contribution in [0.5, 0.6) is 0 Å². The largest absolute Gasteiger partial charge is 0.456 e. The molecular weight excluding hydrogens is 507 g/mol. The summed E-state index contributed by atoms with van der Waals surface area (Å²) in [6.45, 7) is 1.53. The van der Waals surface area contributed by atoms with E-state index in [1.54, 1.807) is 24.4 Å². The molecule has 0 radical (unpaired) electrons. The second kappa shape index (κ2) is 10.1. The van der Waals surface area contributed by atoms with Gasteiger partial charge in [-0.05, 0) is 35.9 Å². The molecule has 0 atom stereocenters. The zero-order valence-corrected chi connectivity index (χ0v) is 19.2. The summed E-state index contributed by atoms with van der Waals surface area (Å²) in [5.74, 6) is 1.35. The number of halogens is 3. The van der Waals surface area contributed by atoms with Crippen molar-refractivity contribution >= 4 is 51.8 Å². The molecule has 160 valence electrons. The van der Waals surface area contributed by atoms with E-state index >= 15 is 0 Å². The molecule has 0 spiro atoms. The van der Waals surface area contributed by atoms with Gasteiger partial charge in [0.25, 0.3) is 0 Å². The SMILES string of the molecule is Cl.O=[N+]([O-])/C(=C/c1ccc(-c2ccc(Br)cc2)o1)C1=NCCN1Cc1ccc(Cl)nc1. The highest BCUT2D eigenvalue weighted by atomic mass is 79.9. The molecule has 7 nitrogen and oxygen atoms in total. The quantitative estimate of drug-likeness (QED) is 0.234. The minimum atomic E-state index is -0.431. The predicted octanol–water partition coefficient (Wildman–Crippen LogP) is 5.71. The second-order valence-electron chi connectivity index (χ2n) is 6.61. The number of aliphatic imine (C=N–C) groups is 1. The van der Waals surface area contributed by atoms with Gasteiger partial charge in [-0.25, -0.2) is 4.98 Å². The zero-order chi connectivity index (χ0) is 21.1. The van der Waals surface area contributed by atoms with Gasteiger partial charge in [-0.3, -0.25) is 15.1 Å². The maximum absolute atomic E-state index is 11.8. The van der Waals surface area contributed by atoms with Crippen molar-refractivity contribution in [1.82, 2.24) is 9.88 Å². The van der Waals surface area contributed by atoms with E-state index in [1.807, 2.05) is 35.2 Å². The summed E-state index contributed by atoms with van der Waals surface area (Å²) in [6.07, 6.45) is 3.07. The number of hydrogen-bond donors (Lipinski definition) is 0. The van der Waals surface area contributed by atoms with E-state index in [2.05, 4.69) is 25.9 Å². The predicted molar refractivity (Wildman–Crippen MR) is 126 cm³/mol. The number of nitrogens with zero attached hydrogens (tertiary/aromatic N) is 4. The fourth-order valence-electron chi connectivity index (χ4n) is 3.13. The Morgan fingerprint density at radius 2 is 2.00 bits per heavy atom. The zero-order valence-electron chi connectivity index (χ0n) is 16.1. The maximum Gasteiger partial charge on any atom is 0.314 e. The van der Waals surface area contributed by atoms with Gasteiger partial charge in [-0.2, -0.15) is 0 Å². The molecule has 1 aromatic carbocycles. The van der Waals surface area contributed by atoms with E-state index in [1.165, 1.54) is 6.08 Å². The molecule has 1 aliphatic rings. The molecule has 0 aliphatic carbocycles. The van der Waals surface area contributed by atoms with E-state index in [0.29, 0.717) is 42.1 Å². The van der Waals surface area contributed by atoms with Crippen LogP contribution in [0.25, 0.3) is 17.4 Å². The Morgan fingerprint density at radius 3 is 2.68 bits per heavy atom. The first-order valence-electron chi connectivity index (χ1n) is 9.11. The molecule has 0 N–H and O–H groups in total. The van der Waals surface area contributed by atoms with Crippen molar-refractivity contribution in [2.75, 3.05) is 13.1 Å². The third-order valence-electron chi connectivity index (χ3n) is 4.55. The van der Waals surface area contributed by atoms with E-state index in [0.717, 1.165) is 15.6 Å². The normalized spacial score (nSPS) is 13.7. The number of amidine groups is 1. The number of benzene rings is 1. The summed E-state index contributed by atoms with van der Waals surface area (Å²) in [4.78, 5) is 21.7. The number of rotatable bonds is 6. The van der Waals surface area contributed by atoms with Crippen molar-refractivity contribution in [2.24, 2.45) is 4.99 Å². The highest BCUT2D eigenvalue weighted by molar-refractivity contribution is 9.10. The van der Waals surface area contributed by atoms with E-state index in [4.69, 9.17) is 16.0 Å². The fraction of sp³-hybridized carbons (Fsp3) is 0.143. The van der Waals surface area contributed by atoms with Crippen LogP contribution in [0, 0.1) is 10.1 Å². The van der Waals surface area contributed by atoms with Gasteiger partial charge in [0, 0.05) is 29.3 Å². The van der Waals surface area contributed by atoms with Gasteiger partial charge in [-0.15, -0.1) is 12.4 Å². The number of furan rings is 1. The maximum atomic E-state index is 11.8. The standard InChI is InChI=1S/C21H16BrClN4O3.ClH/c22-16-4-2-15(3-5-16)19-7-6-17(30-19)11-18(27(28)29)21-24-9-10-26(21)13-14-1-8-20(23)25-12-14;/h1-8,11-12H,9-10,13H2;1H/b18-11+;. The lowest BCUT2D eigenvalue weighted by atomic mass is 10.2. The van der Waals surface area contributed by atoms with Crippen LogP contribution < -0.4 is 0 Å². The van der Waals surface area contributed by atoms with Crippen LogP contribution in [0.3, 0.4) is 0 Å². The Kier molecular flexibility index (Phi) is 7.48. The number of pyridine rings is 1. The minimum absolute atomic E-state index is 0. The summed E-state index contributed by atoms with van der Waals surface area (Å²) in [5.41, 5.74) is 1.67. The van der Waals surface area contributed by atoms with Crippen molar-refractivity contribution in [3.8, 4) is 11.3 Å². The molecule has 0 bridgehead atoms. The molecule has 10 heteroatoms. The Labute approximate surface area is 198 Å². The molecule has 3 aromatic rings. The van der Waals surface area contributed by atoms with E-state index < -0.39 is 4.92 Å². The number of nitro groups is 1. The van der Waals surface area contributed by atoms with Gasteiger partial charge < -0.3 is 9.32 Å². The third-order valence-corrected chi connectivity index (χ3v) is 5.31. The van der Waals surface area contributed by atoms with Gasteiger partial charge >= 0.3 is 5.70 Å². The number of aromatic nitrogens is 1. The topological polar surface area (TPSA) is 84.8 Å². The average molecular weight is 524 g/mol. The Balaban J connectivity index is 0.00000272. The Bertz CT molecular complexity index is 1130. The summed E-state index contributed by atoms with van der Waals surface area (Å²) < 4.78 is 6.78. The van der Waals surface area contributed by atoms with Crippen molar-refractivity contribution in [3.63, 3.8) is 0 Å². The van der Waals surface area contributed by atoms with Crippen molar-refractivity contribution < 1.29 is 9.34 Å². The lowest BCUT2D eigenvalue weighted by Gasteiger charge is -2.18. The van der Waals surface area contributed by atoms with Crippen LogP contribution >= 0.6 is 39.9 Å². The molecule has 31 heavy (non-hydrogen) atoms. The van der Waals surface area contributed by atoms with Crippen molar-refractivity contribution in [3.05, 3.63) is 91.5 Å². The molecule has 0 fully saturated rings. The molecule has 0 unspecified atom stereocenters. The van der Waals surface area contributed by atoms with E-state index in [9.17, 15) is 10.1 Å². The van der Waals surface area contributed by atoms with Gasteiger partial charge in [0.1, 0.15) is 16.7 Å². The average Bonchev–Trinajstić information content (AvgIpc) is 3.38. The first-order valence-corrected chi connectivity index (χ1v) is 10.3. The molecule has 4 rings (SSSR count). The van der Waals surface area contributed by atoms with E-state index in [-0.39, 0.29) is 18.1 Å². The molecule has 3 heterocycles. The highest BCUT2D eigenvalue weighted by Crippen LogP contribution is 2.26. The van der Waals surface area contributed by atoms with Gasteiger partial charge in [0.15, 0.2) is 0 Å². The summed E-state index contributed by atoms with van der Waals surface area (Å²) in [5, 5.41) is 12.2. The highest BCUT2D eigenvalue weighted by Gasteiger charge is 2.29. The first kappa shape index (κ1) is 23.0. The van der Waals surface area contributed by atoms with Gasteiger partial charge in [0.05, 0.1) is 17.5 Å². The Hall–Kier alpha value is -2.68. The molecule has 0 amide bonds. The lowest BCUT2D eigenvalue weighted by molar-refractivity contribution is -0.414. The lowest BCUT2D eigenvalue weighted by Crippen LogP contribution is -2.30. The Morgan fingerprint density at radius 1 is 1.23 bits per heavy atom. The van der Waals surface area contributed by atoms with Crippen LogP contribution in [0.15, 0.2) is 74.3 Å². The van der Waals surface area contributed by atoms with Crippen molar-refractivity contribution in [1.29, 1.82) is 0 Å². The number of hydrogen-bond acceptors (Lipinski definition) is 6. The second-order valence-corrected chi connectivity index (χ2v) is 7.91. The monoisotopic (exact) mass is 522 g/mol. The summed E-state index contributed by atoms with van der Waals surface area (Å²) >= 11 is 9.23. The molecule has 1 aliphatic heterocycles. The molecule has 2 aromatic heterocycles. The van der Waals surface area contributed by atoms with Crippen LogP contribution in [0.2, 0.25) is 5.15 Å². The third kappa shape index (κ3) is 5.52. The summed E-state index contributed by atoms with van der Waals surface area (Å²) in [7, 11) is 0. The van der Waals surface area contributed by atoms with Crippen LogP contribution in [0.1, 0.15) is 11.3 Å². The minimum Gasteiger partial charge on any atom is -0.456 e. The van der Waals surface area contributed by atoms with Gasteiger partial charge in [0.2, 0.25) is 5.84 Å².